The van der Waals surface area contributed by atoms with Gasteiger partial charge in [-0.2, -0.15) is 0 Å². The van der Waals surface area contributed by atoms with E-state index >= 15 is 0 Å². The van der Waals surface area contributed by atoms with E-state index < -0.39 is 11.9 Å². The lowest BCUT2D eigenvalue weighted by Crippen LogP contribution is -2.26. The van der Waals surface area contributed by atoms with Crippen LogP contribution < -0.4 is 5.32 Å². The predicted molar refractivity (Wildman–Crippen MR) is 81.5 cm³/mol. The molecule has 1 aromatic heterocycles. The number of hydrogen-bond donors (Lipinski definition) is 2. The minimum Gasteiger partial charge on any atom is -0.477 e. The van der Waals surface area contributed by atoms with E-state index in [1.807, 2.05) is 0 Å². The second-order valence-corrected chi connectivity index (χ2v) is 5.71. The summed E-state index contributed by atoms with van der Waals surface area (Å²) in [5, 5.41) is 13.3. The van der Waals surface area contributed by atoms with Crippen LogP contribution in [0.25, 0.3) is 6.08 Å². The van der Waals surface area contributed by atoms with Crippen molar-refractivity contribution in [1.82, 2.24) is 5.32 Å². The van der Waals surface area contributed by atoms with E-state index in [9.17, 15) is 9.59 Å². The Kier molecular flexibility index (Phi) is 4.70. The monoisotopic (exact) mass is 351 g/mol. The summed E-state index contributed by atoms with van der Waals surface area (Å²) in [4.78, 5) is 23.5. The lowest BCUT2D eigenvalue weighted by Gasteiger charge is -2.04. The number of nitrogens with one attached hydrogen (secondary N) is 1. The van der Waals surface area contributed by atoms with Crippen LogP contribution in [0.5, 0.6) is 0 Å². The van der Waals surface area contributed by atoms with Crippen molar-refractivity contribution in [2.75, 3.05) is 0 Å². The second kappa shape index (κ2) is 6.49. The van der Waals surface area contributed by atoms with Gasteiger partial charge in [0.1, 0.15) is 5.70 Å². The summed E-state index contributed by atoms with van der Waals surface area (Å²) in [6.07, 6.45) is 1.42. The van der Waals surface area contributed by atoms with Crippen LogP contribution in [0.15, 0.2) is 51.9 Å². The average Bonchev–Trinajstić information content (AvgIpc) is 2.94. The lowest BCUT2D eigenvalue weighted by molar-refractivity contribution is -0.132. The standard InChI is InChI=1S/C14H10BrNO3S/c15-10-5-3-9(4-6-10)8-11(14(18)19)16-13(17)12-2-1-7-20-12/h1-8H,(H,16,17)(H,18,19)/b11-8+. The summed E-state index contributed by atoms with van der Waals surface area (Å²) in [5.41, 5.74) is 0.530. The lowest BCUT2D eigenvalue weighted by atomic mass is 10.2. The Balaban J connectivity index is 2.21. The number of carboxylic acid groups (broad SMARTS) is 1. The normalized spacial score (nSPS) is 11.2. The molecule has 0 saturated heterocycles. The van der Waals surface area contributed by atoms with Gasteiger partial charge >= 0.3 is 5.97 Å². The molecule has 0 spiro atoms. The van der Waals surface area contributed by atoms with E-state index in [0.717, 1.165) is 4.47 Å². The van der Waals surface area contributed by atoms with Crippen LogP contribution >= 0.6 is 27.3 Å². The molecule has 0 radical (unpaired) electrons. The summed E-state index contributed by atoms with van der Waals surface area (Å²) in [6, 6.07) is 10.5. The van der Waals surface area contributed by atoms with Crippen molar-refractivity contribution in [3.8, 4) is 0 Å². The number of aliphatic carboxylic acids is 1. The first kappa shape index (κ1) is 14.5. The minimum absolute atomic E-state index is 0.161. The molecule has 0 fully saturated rings. The van der Waals surface area contributed by atoms with Crippen LogP contribution in [0, 0.1) is 0 Å². The fourth-order valence-electron chi connectivity index (χ4n) is 1.47. The molecule has 1 amide bonds. The van der Waals surface area contributed by atoms with E-state index in [0.29, 0.717) is 10.4 Å². The smallest absolute Gasteiger partial charge is 0.352 e. The van der Waals surface area contributed by atoms with Crippen LogP contribution in [0.3, 0.4) is 0 Å². The molecule has 2 N–H and O–H groups in total. The first-order valence-corrected chi connectivity index (χ1v) is 7.29. The third-order valence-corrected chi connectivity index (χ3v) is 3.80. The van der Waals surface area contributed by atoms with Gasteiger partial charge in [0.15, 0.2) is 0 Å². The van der Waals surface area contributed by atoms with Crippen LogP contribution in [-0.2, 0) is 4.79 Å². The zero-order valence-electron chi connectivity index (χ0n) is 10.2. The second-order valence-electron chi connectivity index (χ2n) is 3.85. The summed E-state index contributed by atoms with van der Waals surface area (Å²) in [7, 11) is 0. The van der Waals surface area contributed by atoms with Gasteiger partial charge < -0.3 is 10.4 Å². The van der Waals surface area contributed by atoms with Gasteiger partial charge in [0.05, 0.1) is 4.88 Å². The Labute approximate surface area is 127 Å². The van der Waals surface area contributed by atoms with Crippen LogP contribution in [0.2, 0.25) is 0 Å². The van der Waals surface area contributed by atoms with E-state index in [4.69, 9.17) is 5.11 Å². The topological polar surface area (TPSA) is 66.4 Å². The van der Waals surface area contributed by atoms with Crippen molar-refractivity contribution in [1.29, 1.82) is 0 Å². The molecule has 0 aliphatic heterocycles. The molecule has 0 atom stereocenters. The quantitative estimate of drug-likeness (QED) is 0.830. The van der Waals surface area contributed by atoms with Gasteiger partial charge in [-0.15, -0.1) is 11.3 Å². The van der Waals surface area contributed by atoms with Crippen LogP contribution in [-0.4, -0.2) is 17.0 Å². The fraction of sp³-hybridized carbons (Fsp3) is 0. The number of thiophene rings is 1. The summed E-state index contributed by atoms with van der Waals surface area (Å²) in [6.45, 7) is 0. The number of carboxylic acids is 1. The van der Waals surface area contributed by atoms with E-state index in [1.54, 1.807) is 41.8 Å². The largest absolute Gasteiger partial charge is 0.477 e. The van der Waals surface area contributed by atoms with Crippen LogP contribution in [0.4, 0.5) is 0 Å². The molecule has 0 saturated carbocycles. The van der Waals surface area contributed by atoms with E-state index in [1.165, 1.54) is 17.4 Å². The SMILES string of the molecule is O=C(O)/C(=C\c1ccc(Br)cc1)NC(=O)c1cccs1. The first-order chi connectivity index (χ1) is 9.56. The van der Waals surface area contributed by atoms with Gasteiger partial charge in [-0.3, -0.25) is 4.79 Å². The highest BCUT2D eigenvalue weighted by molar-refractivity contribution is 9.10. The van der Waals surface area contributed by atoms with Gasteiger partial charge in [0.2, 0.25) is 0 Å². The minimum atomic E-state index is -1.18. The predicted octanol–water partition coefficient (Wildman–Crippen LogP) is 3.37. The van der Waals surface area contributed by atoms with Gasteiger partial charge in [-0.25, -0.2) is 4.79 Å². The fourth-order valence-corrected chi connectivity index (χ4v) is 2.35. The molecule has 102 valence electrons. The number of halogens is 1. The maximum absolute atomic E-state index is 11.9. The molecule has 0 bridgehead atoms. The van der Waals surface area contributed by atoms with Crippen molar-refractivity contribution < 1.29 is 14.7 Å². The third-order valence-electron chi connectivity index (χ3n) is 2.40. The van der Waals surface area contributed by atoms with E-state index in [2.05, 4.69) is 21.2 Å². The zero-order chi connectivity index (χ0) is 14.5. The number of carbonyl (C=O) groups is 2. The van der Waals surface area contributed by atoms with Gasteiger partial charge in [0.25, 0.3) is 5.91 Å². The Bertz CT molecular complexity index is 648. The highest BCUT2D eigenvalue weighted by atomic mass is 79.9. The molecule has 4 nitrogen and oxygen atoms in total. The average molecular weight is 352 g/mol. The highest BCUT2D eigenvalue weighted by Gasteiger charge is 2.13. The number of carbonyl (C=O) groups excluding carboxylic acids is 1. The summed E-state index contributed by atoms with van der Waals surface area (Å²) < 4.78 is 0.897. The molecule has 6 heteroatoms. The Morgan fingerprint density at radius 3 is 2.45 bits per heavy atom. The van der Waals surface area contributed by atoms with Crippen LogP contribution in [0.1, 0.15) is 15.2 Å². The molecule has 0 aliphatic rings. The first-order valence-electron chi connectivity index (χ1n) is 5.61. The molecule has 2 rings (SSSR count). The molecule has 0 unspecified atom stereocenters. The zero-order valence-corrected chi connectivity index (χ0v) is 12.6. The van der Waals surface area contributed by atoms with E-state index in [-0.39, 0.29) is 5.70 Å². The van der Waals surface area contributed by atoms with Crippen molar-refractivity contribution in [2.24, 2.45) is 0 Å². The number of benzene rings is 1. The molecular weight excluding hydrogens is 342 g/mol. The molecule has 0 aliphatic carbocycles. The van der Waals surface area contributed by atoms with Crippen molar-refractivity contribution in [3.05, 3.63) is 62.4 Å². The van der Waals surface area contributed by atoms with Crippen molar-refractivity contribution in [2.45, 2.75) is 0 Å². The number of hydrogen-bond acceptors (Lipinski definition) is 3. The Morgan fingerprint density at radius 1 is 1.20 bits per heavy atom. The van der Waals surface area contributed by atoms with Crippen molar-refractivity contribution >= 4 is 45.2 Å². The maximum atomic E-state index is 11.9. The number of rotatable bonds is 4. The number of amides is 1. The Morgan fingerprint density at radius 2 is 1.90 bits per heavy atom. The molecular formula is C14H10BrNO3S. The van der Waals surface area contributed by atoms with Crippen molar-refractivity contribution in [3.63, 3.8) is 0 Å². The maximum Gasteiger partial charge on any atom is 0.352 e. The summed E-state index contributed by atoms with van der Waals surface area (Å²) in [5.74, 6) is -1.61. The molecule has 1 heterocycles. The molecule has 2 aromatic rings. The summed E-state index contributed by atoms with van der Waals surface area (Å²) >= 11 is 4.56. The van der Waals surface area contributed by atoms with Gasteiger partial charge in [-0.05, 0) is 35.2 Å². The Hall–Kier alpha value is -1.92. The van der Waals surface area contributed by atoms with Gasteiger partial charge in [0, 0.05) is 4.47 Å². The van der Waals surface area contributed by atoms with Gasteiger partial charge in [-0.1, -0.05) is 34.1 Å². The molecule has 20 heavy (non-hydrogen) atoms. The third kappa shape index (κ3) is 3.79. The molecule has 1 aromatic carbocycles. The highest BCUT2D eigenvalue weighted by Crippen LogP contribution is 2.14.